The van der Waals surface area contributed by atoms with Crippen molar-refractivity contribution in [2.24, 2.45) is 5.92 Å². The number of piperidine rings is 1. The Labute approximate surface area is 120 Å². The molecule has 2 atom stereocenters. The molecule has 7 heteroatoms. The average molecular weight is 304 g/mol. The molecule has 6 nitrogen and oxygen atoms in total. The van der Waals surface area contributed by atoms with Gasteiger partial charge in [0.2, 0.25) is 10.0 Å². The topological polar surface area (TPSA) is 75.7 Å². The van der Waals surface area contributed by atoms with Gasteiger partial charge in [-0.15, -0.1) is 0 Å². The third kappa shape index (κ3) is 3.51. The standard InChI is InChI=1S/C13H24N2O4S/c1-15-8-6-10(7-9-15)14-20(17,18)12-5-3-4-11(12)13(16)19-2/h10-12,14H,3-9H2,1-2H3. The molecule has 2 aliphatic rings. The Balaban J connectivity index is 2.00. The van der Waals surface area contributed by atoms with Crippen molar-refractivity contribution < 1.29 is 17.9 Å². The van der Waals surface area contributed by atoms with Crippen LogP contribution in [-0.4, -0.2) is 57.8 Å². The molecule has 1 aliphatic carbocycles. The van der Waals surface area contributed by atoms with Crippen LogP contribution in [0.5, 0.6) is 0 Å². The summed E-state index contributed by atoms with van der Waals surface area (Å²) in [5.41, 5.74) is 0. The molecule has 2 rings (SSSR count). The van der Waals surface area contributed by atoms with Gasteiger partial charge in [-0.25, -0.2) is 13.1 Å². The van der Waals surface area contributed by atoms with E-state index in [4.69, 9.17) is 4.74 Å². The lowest BCUT2D eigenvalue weighted by molar-refractivity contribution is -0.145. The number of hydrogen-bond donors (Lipinski definition) is 1. The van der Waals surface area contributed by atoms with E-state index >= 15 is 0 Å². The molecule has 1 saturated heterocycles. The molecule has 0 aromatic heterocycles. The number of methoxy groups -OCH3 is 1. The fourth-order valence-corrected chi connectivity index (χ4v) is 5.20. The van der Waals surface area contributed by atoms with E-state index in [0.717, 1.165) is 32.4 Å². The minimum absolute atomic E-state index is 0.00454. The van der Waals surface area contributed by atoms with Crippen LogP contribution in [0.2, 0.25) is 0 Å². The van der Waals surface area contributed by atoms with Gasteiger partial charge < -0.3 is 9.64 Å². The average Bonchev–Trinajstić information content (AvgIpc) is 2.90. The number of ether oxygens (including phenoxy) is 1. The number of likely N-dealkylation sites (tertiary alicyclic amines) is 1. The number of nitrogens with zero attached hydrogens (tertiary/aromatic N) is 1. The smallest absolute Gasteiger partial charge is 0.310 e. The molecule has 0 aromatic carbocycles. The van der Waals surface area contributed by atoms with Gasteiger partial charge in [-0.05, 0) is 45.8 Å². The van der Waals surface area contributed by atoms with E-state index < -0.39 is 27.2 Å². The predicted octanol–water partition coefficient (Wildman–Crippen LogP) is 0.342. The van der Waals surface area contributed by atoms with Crippen molar-refractivity contribution in [2.75, 3.05) is 27.2 Å². The van der Waals surface area contributed by atoms with E-state index in [1.807, 2.05) is 7.05 Å². The Morgan fingerprint density at radius 1 is 1.20 bits per heavy atom. The number of hydrogen-bond acceptors (Lipinski definition) is 5. The first kappa shape index (κ1) is 15.7. The molecule has 0 aromatic rings. The van der Waals surface area contributed by atoms with Gasteiger partial charge in [0.15, 0.2) is 0 Å². The zero-order chi connectivity index (χ0) is 14.8. The molecule has 2 unspecified atom stereocenters. The summed E-state index contributed by atoms with van der Waals surface area (Å²) >= 11 is 0. The van der Waals surface area contributed by atoms with E-state index in [-0.39, 0.29) is 6.04 Å². The van der Waals surface area contributed by atoms with Crippen LogP contribution >= 0.6 is 0 Å². The van der Waals surface area contributed by atoms with Gasteiger partial charge in [-0.2, -0.15) is 0 Å². The fourth-order valence-electron chi connectivity index (χ4n) is 3.16. The van der Waals surface area contributed by atoms with Crippen molar-refractivity contribution in [2.45, 2.75) is 43.4 Å². The molecule has 1 heterocycles. The van der Waals surface area contributed by atoms with Crippen molar-refractivity contribution in [3.63, 3.8) is 0 Å². The number of carbonyl (C=O) groups excluding carboxylic acids is 1. The summed E-state index contributed by atoms with van der Waals surface area (Å²) in [5, 5.41) is -0.630. The lowest BCUT2D eigenvalue weighted by Crippen LogP contribution is -2.48. The number of sulfonamides is 1. The lowest BCUT2D eigenvalue weighted by Gasteiger charge is -2.30. The molecular formula is C13H24N2O4S. The normalized spacial score (nSPS) is 29.5. The molecule has 0 spiro atoms. The maximum absolute atomic E-state index is 12.5. The van der Waals surface area contributed by atoms with Crippen molar-refractivity contribution >= 4 is 16.0 Å². The second kappa shape index (κ2) is 6.41. The van der Waals surface area contributed by atoms with Crippen molar-refractivity contribution in [1.82, 2.24) is 9.62 Å². The molecule has 0 amide bonds. The Bertz CT molecular complexity index is 443. The Hall–Kier alpha value is -0.660. The highest BCUT2D eigenvalue weighted by Gasteiger charge is 2.42. The quantitative estimate of drug-likeness (QED) is 0.758. The maximum Gasteiger partial charge on any atom is 0.310 e. The van der Waals surface area contributed by atoms with Gasteiger partial charge in [0.25, 0.3) is 0 Å². The van der Waals surface area contributed by atoms with Crippen LogP contribution in [0.1, 0.15) is 32.1 Å². The highest BCUT2D eigenvalue weighted by atomic mass is 32.2. The third-order valence-corrected chi connectivity index (χ3v) is 6.43. The monoisotopic (exact) mass is 304 g/mol. The van der Waals surface area contributed by atoms with Crippen LogP contribution in [-0.2, 0) is 19.6 Å². The summed E-state index contributed by atoms with van der Waals surface area (Å²) in [5.74, 6) is -0.912. The van der Waals surface area contributed by atoms with Crippen LogP contribution in [0.25, 0.3) is 0 Å². The summed E-state index contributed by atoms with van der Waals surface area (Å²) in [6.45, 7) is 1.80. The molecule has 1 aliphatic heterocycles. The number of nitrogens with one attached hydrogen (secondary N) is 1. The van der Waals surface area contributed by atoms with Crippen LogP contribution in [0.15, 0.2) is 0 Å². The van der Waals surface area contributed by atoms with Crippen LogP contribution in [0.3, 0.4) is 0 Å². The first-order valence-electron chi connectivity index (χ1n) is 7.21. The zero-order valence-corrected chi connectivity index (χ0v) is 13.0. The van der Waals surface area contributed by atoms with Gasteiger partial charge in [0.1, 0.15) is 0 Å². The molecule has 116 valence electrons. The molecule has 20 heavy (non-hydrogen) atoms. The van der Waals surface area contributed by atoms with Crippen LogP contribution < -0.4 is 4.72 Å². The molecular weight excluding hydrogens is 280 g/mol. The first-order valence-corrected chi connectivity index (χ1v) is 8.76. The predicted molar refractivity (Wildman–Crippen MR) is 75.7 cm³/mol. The molecule has 1 N–H and O–H groups in total. The second-order valence-electron chi connectivity index (χ2n) is 5.84. The second-order valence-corrected chi connectivity index (χ2v) is 7.77. The van der Waals surface area contributed by atoms with Crippen LogP contribution in [0.4, 0.5) is 0 Å². The van der Waals surface area contributed by atoms with Gasteiger partial charge in [0, 0.05) is 6.04 Å². The van der Waals surface area contributed by atoms with Gasteiger partial charge >= 0.3 is 5.97 Å². The highest BCUT2D eigenvalue weighted by molar-refractivity contribution is 7.90. The van der Waals surface area contributed by atoms with E-state index in [0.29, 0.717) is 12.8 Å². The molecule has 1 saturated carbocycles. The SMILES string of the molecule is COC(=O)C1CCCC1S(=O)(=O)NC1CCN(C)CC1. The first-order chi connectivity index (χ1) is 9.44. The number of esters is 1. The number of carbonyl (C=O) groups is 1. The lowest BCUT2D eigenvalue weighted by atomic mass is 10.1. The third-order valence-electron chi connectivity index (χ3n) is 4.40. The van der Waals surface area contributed by atoms with Crippen molar-refractivity contribution in [1.29, 1.82) is 0 Å². The minimum atomic E-state index is -3.45. The van der Waals surface area contributed by atoms with Crippen molar-refractivity contribution in [3.8, 4) is 0 Å². The summed E-state index contributed by atoms with van der Waals surface area (Å²) in [6, 6.07) is -0.00454. The largest absolute Gasteiger partial charge is 0.469 e. The summed E-state index contributed by atoms with van der Waals surface area (Å²) in [4.78, 5) is 13.9. The Morgan fingerprint density at radius 3 is 2.45 bits per heavy atom. The van der Waals surface area contributed by atoms with Gasteiger partial charge in [0.05, 0.1) is 18.3 Å². The molecule has 2 fully saturated rings. The fraction of sp³-hybridized carbons (Fsp3) is 0.923. The van der Waals surface area contributed by atoms with Gasteiger partial charge in [-0.1, -0.05) is 6.42 Å². The molecule has 0 bridgehead atoms. The van der Waals surface area contributed by atoms with E-state index in [2.05, 4.69) is 9.62 Å². The number of rotatable bonds is 4. The van der Waals surface area contributed by atoms with E-state index in [9.17, 15) is 13.2 Å². The van der Waals surface area contributed by atoms with Crippen molar-refractivity contribution in [3.05, 3.63) is 0 Å². The Morgan fingerprint density at radius 2 is 1.85 bits per heavy atom. The summed E-state index contributed by atoms with van der Waals surface area (Å²) in [7, 11) is -0.0998. The minimum Gasteiger partial charge on any atom is -0.469 e. The summed E-state index contributed by atoms with van der Waals surface area (Å²) in [6.07, 6.45) is 3.56. The van der Waals surface area contributed by atoms with Crippen LogP contribution in [0, 0.1) is 5.92 Å². The zero-order valence-electron chi connectivity index (χ0n) is 12.2. The Kier molecular flexibility index (Phi) is 5.04. The van der Waals surface area contributed by atoms with Gasteiger partial charge in [-0.3, -0.25) is 4.79 Å². The highest BCUT2D eigenvalue weighted by Crippen LogP contribution is 2.32. The van der Waals surface area contributed by atoms with E-state index in [1.165, 1.54) is 7.11 Å². The molecule has 0 radical (unpaired) electrons. The maximum atomic E-state index is 12.5. The van der Waals surface area contributed by atoms with E-state index in [1.54, 1.807) is 0 Å². The summed E-state index contributed by atoms with van der Waals surface area (Å²) < 4.78 is 32.5.